The van der Waals surface area contributed by atoms with E-state index >= 15 is 0 Å². The smallest absolute Gasteiger partial charge is 0.269 e. The van der Waals surface area contributed by atoms with Crippen molar-refractivity contribution in [2.45, 2.75) is 6.92 Å². The Balaban J connectivity index is 0.00000180. The second-order valence-electron chi connectivity index (χ2n) is 4.27. The summed E-state index contributed by atoms with van der Waals surface area (Å²) in [6.45, 7) is 4.50. The molecule has 1 aromatic rings. The summed E-state index contributed by atoms with van der Waals surface area (Å²) >= 11 is 0. The van der Waals surface area contributed by atoms with Crippen LogP contribution >= 0.6 is 0 Å². The van der Waals surface area contributed by atoms with Gasteiger partial charge in [0.2, 0.25) is 5.91 Å². The number of nitro groups is 1. The third kappa shape index (κ3) is 3.41. The van der Waals surface area contributed by atoms with Crippen LogP contribution in [0, 0.1) is 10.1 Å². The Bertz CT molecular complexity index is 453. The van der Waals surface area contributed by atoms with Crippen LogP contribution in [-0.4, -0.2) is 41.9 Å². The molecule has 1 amide bonds. The van der Waals surface area contributed by atoms with Crippen LogP contribution < -0.4 is 11.1 Å². The molecule has 0 aromatic heterocycles. The minimum absolute atomic E-state index is 0. The first kappa shape index (κ1) is 14.9. The lowest BCUT2D eigenvalue weighted by molar-refractivity contribution is -0.384. The number of nitrogens with zero attached hydrogens (tertiary/aromatic N) is 3. The van der Waals surface area contributed by atoms with Crippen molar-refractivity contribution in [2.75, 3.05) is 31.1 Å². The molecule has 7 heteroatoms. The Morgan fingerprint density at radius 3 is 2.11 bits per heavy atom. The zero-order valence-electron chi connectivity index (χ0n) is 10.9. The molecule has 1 aliphatic heterocycles. The van der Waals surface area contributed by atoms with E-state index in [2.05, 4.69) is 4.90 Å². The van der Waals surface area contributed by atoms with Gasteiger partial charge in [0.1, 0.15) is 0 Å². The number of carbonyl (C=O) groups is 1. The molecule has 19 heavy (non-hydrogen) atoms. The van der Waals surface area contributed by atoms with Crippen LogP contribution in [0.25, 0.3) is 0 Å². The third-order valence-corrected chi connectivity index (χ3v) is 3.15. The molecule has 0 radical (unpaired) electrons. The van der Waals surface area contributed by atoms with Crippen LogP contribution in [0.2, 0.25) is 0 Å². The highest BCUT2D eigenvalue weighted by Crippen LogP contribution is 2.20. The van der Waals surface area contributed by atoms with Gasteiger partial charge in [0.05, 0.1) is 4.92 Å². The standard InChI is InChI=1S/C12H15N3O3.H3N/c1-10(16)13-6-8-14(9-7-13)11-2-4-12(5-3-11)15(17)18;/h2-5H,6-9H2,1H3;1H3. The number of hydrogen-bond acceptors (Lipinski definition) is 5. The van der Waals surface area contributed by atoms with Gasteiger partial charge >= 0.3 is 0 Å². The van der Waals surface area contributed by atoms with Gasteiger partial charge in [0.25, 0.3) is 5.69 Å². The van der Waals surface area contributed by atoms with Crippen LogP contribution in [0.1, 0.15) is 6.92 Å². The fraction of sp³-hybridized carbons (Fsp3) is 0.417. The average Bonchev–Trinajstić information content (AvgIpc) is 2.39. The maximum absolute atomic E-state index is 11.2. The highest BCUT2D eigenvalue weighted by atomic mass is 16.6. The molecule has 1 aliphatic rings. The van der Waals surface area contributed by atoms with Gasteiger partial charge in [-0.05, 0) is 12.1 Å². The maximum Gasteiger partial charge on any atom is 0.269 e. The Kier molecular flexibility index (Phi) is 4.82. The van der Waals surface area contributed by atoms with Gasteiger partial charge in [-0.3, -0.25) is 14.9 Å². The number of amides is 1. The van der Waals surface area contributed by atoms with E-state index in [1.807, 2.05) is 4.90 Å². The molecule has 7 nitrogen and oxygen atoms in total. The van der Waals surface area contributed by atoms with Gasteiger partial charge < -0.3 is 16.0 Å². The summed E-state index contributed by atoms with van der Waals surface area (Å²) in [6.07, 6.45) is 0. The molecule has 104 valence electrons. The van der Waals surface area contributed by atoms with E-state index in [9.17, 15) is 14.9 Å². The molecular formula is C12H18N4O3. The molecule has 0 saturated carbocycles. The van der Waals surface area contributed by atoms with Crippen molar-refractivity contribution in [1.29, 1.82) is 0 Å². The predicted molar refractivity (Wildman–Crippen MR) is 72.6 cm³/mol. The Labute approximate surface area is 111 Å². The predicted octanol–water partition coefficient (Wildman–Crippen LogP) is 1.43. The fourth-order valence-electron chi connectivity index (χ4n) is 2.06. The van der Waals surface area contributed by atoms with Crippen LogP contribution in [0.5, 0.6) is 0 Å². The molecule has 1 fully saturated rings. The normalized spacial score (nSPS) is 14.8. The summed E-state index contributed by atoms with van der Waals surface area (Å²) in [7, 11) is 0. The van der Waals surface area contributed by atoms with Gasteiger partial charge in [0.15, 0.2) is 0 Å². The fourth-order valence-corrected chi connectivity index (χ4v) is 2.06. The van der Waals surface area contributed by atoms with Gasteiger partial charge in [-0.15, -0.1) is 0 Å². The number of hydrogen-bond donors (Lipinski definition) is 1. The number of nitro benzene ring substituents is 1. The summed E-state index contributed by atoms with van der Waals surface area (Å²) in [5.41, 5.74) is 1.06. The molecule has 0 bridgehead atoms. The first-order chi connectivity index (χ1) is 8.58. The lowest BCUT2D eigenvalue weighted by atomic mass is 10.2. The molecule has 0 aliphatic carbocycles. The average molecular weight is 266 g/mol. The van der Waals surface area contributed by atoms with Gasteiger partial charge in [0, 0.05) is 50.9 Å². The second-order valence-corrected chi connectivity index (χ2v) is 4.27. The van der Waals surface area contributed by atoms with Crippen molar-refractivity contribution < 1.29 is 9.72 Å². The number of carbonyl (C=O) groups excluding carboxylic acids is 1. The van der Waals surface area contributed by atoms with Crippen molar-refractivity contribution in [2.24, 2.45) is 0 Å². The lowest BCUT2D eigenvalue weighted by Gasteiger charge is -2.35. The summed E-state index contributed by atoms with van der Waals surface area (Å²) in [4.78, 5) is 25.3. The van der Waals surface area contributed by atoms with Crippen molar-refractivity contribution in [3.8, 4) is 0 Å². The van der Waals surface area contributed by atoms with Crippen molar-refractivity contribution in [1.82, 2.24) is 11.1 Å². The maximum atomic E-state index is 11.2. The van der Waals surface area contributed by atoms with Crippen molar-refractivity contribution >= 4 is 17.3 Å². The number of anilines is 1. The van der Waals surface area contributed by atoms with E-state index in [-0.39, 0.29) is 17.7 Å². The van der Waals surface area contributed by atoms with Crippen LogP contribution in [-0.2, 0) is 4.79 Å². The summed E-state index contributed by atoms with van der Waals surface area (Å²) < 4.78 is 0. The minimum Gasteiger partial charge on any atom is -0.368 e. The lowest BCUT2D eigenvalue weighted by Crippen LogP contribution is -2.48. The number of benzene rings is 1. The van der Waals surface area contributed by atoms with Crippen LogP contribution in [0.15, 0.2) is 24.3 Å². The van der Waals surface area contributed by atoms with E-state index in [4.69, 9.17) is 0 Å². The topological polar surface area (TPSA) is 102 Å². The molecule has 1 aromatic carbocycles. The molecular weight excluding hydrogens is 248 g/mol. The third-order valence-electron chi connectivity index (χ3n) is 3.15. The molecule has 0 spiro atoms. The minimum atomic E-state index is -0.405. The number of piperazine rings is 1. The van der Waals surface area contributed by atoms with E-state index in [1.165, 1.54) is 12.1 Å². The zero-order valence-corrected chi connectivity index (χ0v) is 10.9. The number of rotatable bonds is 2. The van der Waals surface area contributed by atoms with Crippen molar-refractivity contribution in [3.63, 3.8) is 0 Å². The Hall–Kier alpha value is -2.15. The Morgan fingerprint density at radius 2 is 1.68 bits per heavy atom. The monoisotopic (exact) mass is 266 g/mol. The first-order valence-electron chi connectivity index (χ1n) is 5.83. The molecule has 1 heterocycles. The van der Waals surface area contributed by atoms with Crippen molar-refractivity contribution in [3.05, 3.63) is 34.4 Å². The van der Waals surface area contributed by atoms with Crippen LogP contribution in [0.3, 0.4) is 0 Å². The highest BCUT2D eigenvalue weighted by Gasteiger charge is 2.19. The van der Waals surface area contributed by atoms with E-state index in [0.717, 1.165) is 18.8 Å². The summed E-state index contributed by atoms with van der Waals surface area (Å²) in [5, 5.41) is 10.6. The molecule has 3 N–H and O–H groups in total. The molecule has 1 saturated heterocycles. The van der Waals surface area contributed by atoms with E-state index in [1.54, 1.807) is 19.1 Å². The second kappa shape index (κ2) is 6.14. The SMILES string of the molecule is CC(=O)N1CCN(c2ccc([N+](=O)[O-])cc2)CC1.N. The van der Waals surface area contributed by atoms with Gasteiger partial charge in [-0.25, -0.2) is 0 Å². The largest absolute Gasteiger partial charge is 0.368 e. The Morgan fingerprint density at radius 1 is 1.16 bits per heavy atom. The van der Waals surface area contributed by atoms with Gasteiger partial charge in [-0.2, -0.15) is 0 Å². The quantitative estimate of drug-likeness (QED) is 0.644. The number of non-ortho nitro benzene ring substituents is 1. The highest BCUT2D eigenvalue weighted by molar-refractivity contribution is 5.73. The zero-order chi connectivity index (χ0) is 13.1. The molecule has 2 rings (SSSR count). The summed E-state index contributed by atoms with van der Waals surface area (Å²) in [6, 6.07) is 6.52. The van der Waals surface area contributed by atoms with E-state index in [0.29, 0.717) is 13.1 Å². The van der Waals surface area contributed by atoms with Crippen LogP contribution in [0.4, 0.5) is 11.4 Å². The first-order valence-corrected chi connectivity index (χ1v) is 5.83. The van der Waals surface area contributed by atoms with Gasteiger partial charge in [-0.1, -0.05) is 0 Å². The molecule has 0 unspecified atom stereocenters. The van der Waals surface area contributed by atoms with E-state index < -0.39 is 4.92 Å². The summed E-state index contributed by atoms with van der Waals surface area (Å²) in [5.74, 6) is 0.0957. The molecule has 0 atom stereocenters.